The van der Waals surface area contributed by atoms with Crippen LogP contribution in [0.15, 0.2) is 28.9 Å². The molecule has 1 aromatic carbocycles. The van der Waals surface area contributed by atoms with Crippen molar-refractivity contribution in [3.8, 4) is 11.1 Å². The Hall–Kier alpha value is -1.20. The van der Waals surface area contributed by atoms with Gasteiger partial charge in [-0.3, -0.25) is 4.68 Å². The van der Waals surface area contributed by atoms with Gasteiger partial charge in [-0.2, -0.15) is 5.10 Å². The molecule has 0 unspecified atom stereocenters. The van der Waals surface area contributed by atoms with E-state index in [-0.39, 0.29) is 5.82 Å². The standard InChI is InChI=1S/C12H13BrFN3/c1-15-6-12-10(7-17(2)16-12)9-5-8(13)3-4-11(9)14/h3-5,7,15H,6H2,1-2H3. The largest absolute Gasteiger partial charge is 0.314 e. The van der Waals surface area contributed by atoms with Crippen LogP contribution in [0.3, 0.4) is 0 Å². The summed E-state index contributed by atoms with van der Waals surface area (Å²) >= 11 is 3.35. The van der Waals surface area contributed by atoms with E-state index in [0.29, 0.717) is 12.1 Å². The normalized spacial score (nSPS) is 10.8. The highest BCUT2D eigenvalue weighted by Gasteiger charge is 2.13. The van der Waals surface area contributed by atoms with E-state index in [1.807, 2.05) is 20.3 Å². The molecule has 1 N–H and O–H groups in total. The van der Waals surface area contributed by atoms with Gasteiger partial charge >= 0.3 is 0 Å². The molecule has 3 nitrogen and oxygen atoms in total. The zero-order valence-corrected chi connectivity index (χ0v) is 11.3. The van der Waals surface area contributed by atoms with Crippen LogP contribution in [0.4, 0.5) is 4.39 Å². The lowest BCUT2D eigenvalue weighted by Gasteiger charge is -2.04. The van der Waals surface area contributed by atoms with Gasteiger partial charge in [-0.05, 0) is 25.2 Å². The molecule has 0 spiro atoms. The van der Waals surface area contributed by atoms with Gasteiger partial charge < -0.3 is 5.32 Å². The van der Waals surface area contributed by atoms with Crippen LogP contribution >= 0.6 is 15.9 Å². The van der Waals surface area contributed by atoms with Crippen molar-refractivity contribution in [2.75, 3.05) is 7.05 Å². The number of nitrogens with zero attached hydrogens (tertiary/aromatic N) is 2. The summed E-state index contributed by atoms with van der Waals surface area (Å²) in [5.41, 5.74) is 2.23. The Labute approximate surface area is 108 Å². The second kappa shape index (κ2) is 4.98. The molecule has 1 heterocycles. The molecule has 1 aromatic heterocycles. The van der Waals surface area contributed by atoms with Gasteiger partial charge in [-0.15, -0.1) is 0 Å². The van der Waals surface area contributed by atoms with Crippen LogP contribution in [0, 0.1) is 5.82 Å². The van der Waals surface area contributed by atoms with Gasteiger partial charge in [0.25, 0.3) is 0 Å². The number of benzene rings is 1. The van der Waals surface area contributed by atoms with Crippen LogP contribution in [0.2, 0.25) is 0 Å². The predicted octanol–water partition coefficient (Wildman–Crippen LogP) is 2.71. The van der Waals surface area contributed by atoms with Crippen LogP contribution in [0.25, 0.3) is 11.1 Å². The quantitative estimate of drug-likeness (QED) is 0.944. The molecule has 0 amide bonds. The van der Waals surface area contributed by atoms with E-state index in [4.69, 9.17) is 0 Å². The number of rotatable bonds is 3. The lowest BCUT2D eigenvalue weighted by Crippen LogP contribution is -2.07. The van der Waals surface area contributed by atoms with Crippen molar-refractivity contribution in [2.24, 2.45) is 7.05 Å². The number of aryl methyl sites for hydroxylation is 1. The third-order valence-electron chi connectivity index (χ3n) is 2.47. The fourth-order valence-electron chi connectivity index (χ4n) is 1.76. The summed E-state index contributed by atoms with van der Waals surface area (Å²) in [6.45, 7) is 0.613. The topological polar surface area (TPSA) is 29.9 Å². The fourth-order valence-corrected chi connectivity index (χ4v) is 2.12. The molecule has 17 heavy (non-hydrogen) atoms. The third-order valence-corrected chi connectivity index (χ3v) is 2.96. The molecule has 0 radical (unpaired) electrons. The van der Waals surface area contributed by atoms with Crippen LogP contribution in [-0.4, -0.2) is 16.8 Å². The number of hydrogen-bond donors (Lipinski definition) is 1. The first kappa shape index (κ1) is 12.3. The van der Waals surface area contributed by atoms with Gasteiger partial charge in [-0.1, -0.05) is 15.9 Å². The summed E-state index contributed by atoms with van der Waals surface area (Å²) in [5, 5.41) is 7.35. The molecule has 2 rings (SSSR count). The van der Waals surface area contributed by atoms with Gasteiger partial charge in [0.1, 0.15) is 5.82 Å². The second-order valence-electron chi connectivity index (χ2n) is 3.82. The van der Waals surface area contributed by atoms with Crippen LogP contribution in [0.1, 0.15) is 5.69 Å². The van der Waals surface area contributed by atoms with E-state index in [9.17, 15) is 4.39 Å². The van der Waals surface area contributed by atoms with Gasteiger partial charge in [0.2, 0.25) is 0 Å². The summed E-state index contributed by atoms with van der Waals surface area (Å²) in [7, 11) is 3.67. The monoisotopic (exact) mass is 297 g/mol. The summed E-state index contributed by atoms with van der Waals surface area (Å²) in [6, 6.07) is 4.91. The number of halogens is 2. The van der Waals surface area contributed by atoms with Crippen molar-refractivity contribution in [1.29, 1.82) is 0 Å². The molecule has 0 bridgehead atoms. The smallest absolute Gasteiger partial charge is 0.131 e. The maximum absolute atomic E-state index is 13.8. The van der Waals surface area contributed by atoms with Crippen LogP contribution in [0.5, 0.6) is 0 Å². The van der Waals surface area contributed by atoms with E-state index in [2.05, 4.69) is 26.3 Å². The predicted molar refractivity (Wildman–Crippen MR) is 69.1 cm³/mol. The van der Waals surface area contributed by atoms with Crippen LogP contribution in [-0.2, 0) is 13.6 Å². The molecule has 2 aromatic rings. The summed E-state index contributed by atoms with van der Waals surface area (Å²) in [6.07, 6.45) is 1.83. The molecule has 0 aliphatic carbocycles. The zero-order chi connectivity index (χ0) is 12.4. The Morgan fingerprint density at radius 1 is 1.41 bits per heavy atom. The number of nitrogens with one attached hydrogen (secondary N) is 1. The minimum atomic E-state index is -0.237. The average molecular weight is 298 g/mol. The first-order chi connectivity index (χ1) is 8.11. The first-order valence-corrected chi connectivity index (χ1v) is 6.03. The van der Waals surface area contributed by atoms with Gasteiger partial charge in [0.05, 0.1) is 5.69 Å². The van der Waals surface area contributed by atoms with E-state index in [0.717, 1.165) is 15.7 Å². The molecular formula is C12H13BrFN3. The molecule has 0 saturated carbocycles. The van der Waals surface area contributed by atoms with Crippen molar-refractivity contribution in [1.82, 2.24) is 15.1 Å². The zero-order valence-electron chi connectivity index (χ0n) is 9.67. The Bertz CT molecular complexity index is 537. The summed E-state index contributed by atoms with van der Waals surface area (Å²) in [4.78, 5) is 0. The van der Waals surface area contributed by atoms with Crippen molar-refractivity contribution in [3.05, 3.63) is 40.4 Å². The third kappa shape index (κ3) is 2.56. The Balaban J connectivity index is 2.55. The minimum absolute atomic E-state index is 0.237. The number of aromatic nitrogens is 2. The fraction of sp³-hybridized carbons (Fsp3) is 0.250. The highest BCUT2D eigenvalue weighted by atomic mass is 79.9. The summed E-state index contributed by atoms with van der Waals surface area (Å²) in [5.74, 6) is -0.237. The SMILES string of the molecule is CNCc1nn(C)cc1-c1cc(Br)ccc1F. The molecule has 0 aliphatic heterocycles. The van der Waals surface area contributed by atoms with E-state index >= 15 is 0 Å². The molecular weight excluding hydrogens is 285 g/mol. The highest BCUT2D eigenvalue weighted by Crippen LogP contribution is 2.28. The van der Waals surface area contributed by atoms with Crippen LogP contribution < -0.4 is 5.32 Å². The maximum atomic E-state index is 13.8. The highest BCUT2D eigenvalue weighted by molar-refractivity contribution is 9.10. The lowest BCUT2D eigenvalue weighted by molar-refractivity contribution is 0.630. The van der Waals surface area contributed by atoms with Gasteiger partial charge in [0.15, 0.2) is 0 Å². The molecule has 5 heteroatoms. The molecule has 0 aliphatic rings. The van der Waals surface area contributed by atoms with Gasteiger partial charge in [-0.25, -0.2) is 4.39 Å². The molecule has 0 saturated heterocycles. The number of hydrogen-bond acceptors (Lipinski definition) is 2. The Kier molecular flexibility index (Phi) is 3.59. The summed E-state index contributed by atoms with van der Waals surface area (Å²) < 4.78 is 16.4. The molecule has 0 atom stereocenters. The Morgan fingerprint density at radius 3 is 2.88 bits per heavy atom. The molecule has 90 valence electrons. The van der Waals surface area contributed by atoms with E-state index in [1.165, 1.54) is 6.07 Å². The average Bonchev–Trinajstić information content (AvgIpc) is 2.64. The maximum Gasteiger partial charge on any atom is 0.131 e. The first-order valence-electron chi connectivity index (χ1n) is 5.24. The minimum Gasteiger partial charge on any atom is -0.314 e. The Morgan fingerprint density at radius 2 is 2.18 bits per heavy atom. The van der Waals surface area contributed by atoms with Crippen molar-refractivity contribution >= 4 is 15.9 Å². The van der Waals surface area contributed by atoms with Gasteiger partial charge in [0, 0.05) is 35.4 Å². The van der Waals surface area contributed by atoms with Crippen molar-refractivity contribution in [2.45, 2.75) is 6.54 Å². The second-order valence-corrected chi connectivity index (χ2v) is 4.73. The van der Waals surface area contributed by atoms with Crippen molar-refractivity contribution < 1.29 is 4.39 Å². The van der Waals surface area contributed by atoms with E-state index in [1.54, 1.807) is 16.8 Å². The molecule has 0 fully saturated rings. The lowest BCUT2D eigenvalue weighted by atomic mass is 10.1. The van der Waals surface area contributed by atoms with Crippen molar-refractivity contribution in [3.63, 3.8) is 0 Å². The van der Waals surface area contributed by atoms with E-state index < -0.39 is 0 Å².